The van der Waals surface area contributed by atoms with Gasteiger partial charge in [-0.3, -0.25) is 9.59 Å². The molecule has 1 atom stereocenters. The molecule has 158 valence electrons. The highest BCUT2D eigenvalue weighted by Gasteiger charge is 2.37. The maximum atomic E-state index is 13.1. The number of ether oxygens (including phenoxy) is 2. The van der Waals surface area contributed by atoms with Gasteiger partial charge in [0.15, 0.2) is 0 Å². The number of likely N-dealkylation sites (tertiary alicyclic amines) is 1. The molecule has 2 aliphatic rings. The Kier molecular flexibility index (Phi) is 6.33. The summed E-state index contributed by atoms with van der Waals surface area (Å²) < 4.78 is 10.6. The van der Waals surface area contributed by atoms with Gasteiger partial charge in [-0.05, 0) is 49.4 Å². The van der Waals surface area contributed by atoms with Crippen LogP contribution in [0.4, 0.5) is 5.69 Å². The van der Waals surface area contributed by atoms with Crippen molar-refractivity contribution in [1.29, 1.82) is 0 Å². The van der Waals surface area contributed by atoms with Crippen molar-refractivity contribution in [3.63, 3.8) is 0 Å². The van der Waals surface area contributed by atoms with E-state index in [2.05, 4.69) is 5.32 Å². The molecular weight excluding hydrogens is 380 g/mol. The Labute approximate surface area is 177 Å². The van der Waals surface area contributed by atoms with E-state index in [0.717, 1.165) is 41.8 Å². The van der Waals surface area contributed by atoms with Gasteiger partial charge >= 0.3 is 0 Å². The number of rotatable bonds is 5. The van der Waals surface area contributed by atoms with Gasteiger partial charge in [0.1, 0.15) is 11.8 Å². The summed E-state index contributed by atoms with van der Waals surface area (Å²) in [5, 5.41) is 3.08. The number of hydrogen-bond donors (Lipinski definition) is 1. The van der Waals surface area contributed by atoms with Crippen LogP contribution in [0.3, 0.4) is 0 Å². The Morgan fingerprint density at radius 3 is 2.50 bits per heavy atom. The zero-order valence-electron chi connectivity index (χ0n) is 17.3. The normalized spacial score (nSPS) is 19.5. The van der Waals surface area contributed by atoms with E-state index in [0.29, 0.717) is 26.2 Å². The quantitative estimate of drug-likeness (QED) is 0.819. The molecule has 1 N–H and O–H groups in total. The average molecular weight is 408 g/mol. The number of nitrogens with one attached hydrogen (secondary N) is 1. The SMILES string of the molecule is COc1ccc(-c2ccccc2NC(=O)C2CCCN2C(=O)C2CCOCC2)cc1. The smallest absolute Gasteiger partial charge is 0.247 e. The van der Waals surface area contributed by atoms with Crippen LogP contribution in [0.2, 0.25) is 0 Å². The first-order valence-corrected chi connectivity index (χ1v) is 10.6. The Morgan fingerprint density at radius 1 is 1.03 bits per heavy atom. The number of methoxy groups -OCH3 is 1. The lowest BCUT2D eigenvalue weighted by atomic mass is 9.98. The third-order valence-electron chi connectivity index (χ3n) is 6.00. The Bertz CT molecular complexity index is 890. The van der Waals surface area contributed by atoms with Crippen molar-refractivity contribution in [2.45, 2.75) is 31.7 Å². The first-order valence-electron chi connectivity index (χ1n) is 10.6. The first kappa shape index (κ1) is 20.4. The minimum atomic E-state index is -0.413. The zero-order chi connectivity index (χ0) is 20.9. The fraction of sp³-hybridized carbons (Fsp3) is 0.417. The standard InChI is InChI=1S/C24H28N2O4/c1-29-19-10-8-17(9-11-19)20-5-2-3-6-21(20)25-23(27)22-7-4-14-26(22)24(28)18-12-15-30-16-13-18/h2-3,5-6,8-11,18,22H,4,7,12-16H2,1H3,(H,25,27). The largest absolute Gasteiger partial charge is 0.497 e. The number of amides is 2. The third kappa shape index (κ3) is 4.33. The number of hydrogen-bond acceptors (Lipinski definition) is 4. The summed E-state index contributed by atoms with van der Waals surface area (Å²) in [7, 11) is 1.64. The predicted octanol–water partition coefficient (Wildman–Crippen LogP) is 3.72. The number of nitrogens with zero attached hydrogens (tertiary/aromatic N) is 1. The zero-order valence-corrected chi connectivity index (χ0v) is 17.3. The molecule has 2 aliphatic heterocycles. The van der Waals surface area contributed by atoms with Crippen molar-refractivity contribution in [3.05, 3.63) is 48.5 Å². The van der Waals surface area contributed by atoms with Crippen molar-refractivity contribution in [2.75, 3.05) is 32.2 Å². The summed E-state index contributed by atoms with van der Waals surface area (Å²) in [5.41, 5.74) is 2.68. The van der Waals surface area contributed by atoms with Crippen LogP contribution in [0.15, 0.2) is 48.5 Å². The van der Waals surface area contributed by atoms with Gasteiger partial charge in [-0.2, -0.15) is 0 Å². The summed E-state index contributed by atoms with van der Waals surface area (Å²) in [5.74, 6) is 0.737. The molecule has 4 rings (SSSR count). The topological polar surface area (TPSA) is 67.9 Å². The maximum Gasteiger partial charge on any atom is 0.247 e. The molecule has 0 spiro atoms. The molecule has 2 fully saturated rings. The fourth-order valence-electron chi connectivity index (χ4n) is 4.31. The minimum Gasteiger partial charge on any atom is -0.497 e. The van der Waals surface area contributed by atoms with Crippen molar-refractivity contribution < 1.29 is 19.1 Å². The molecule has 0 aromatic heterocycles. The van der Waals surface area contributed by atoms with Gasteiger partial charge in [-0.15, -0.1) is 0 Å². The third-order valence-corrected chi connectivity index (χ3v) is 6.00. The summed E-state index contributed by atoms with van der Waals surface area (Å²) in [6.07, 6.45) is 3.03. The second kappa shape index (κ2) is 9.30. The van der Waals surface area contributed by atoms with Crippen LogP contribution in [-0.4, -0.2) is 49.6 Å². The van der Waals surface area contributed by atoms with Gasteiger partial charge in [0.05, 0.1) is 7.11 Å². The lowest BCUT2D eigenvalue weighted by Gasteiger charge is -2.30. The molecule has 1 unspecified atom stereocenters. The molecule has 2 aromatic rings. The summed E-state index contributed by atoms with van der Waals surface area (Å²) in [6.45, 7) is 1.89. The molecule has 6 heteroatoms. The van der Waals surface area contributed by atoms with Crippen LogP contribution in [0, 0.1) is 5.92 Å². The van der Waals surface area contributed by atoms with E-state index in [-0.39, 0.29) is 17.7 Å². The van der Waals surface area contributed by atoms with Crippen molar-refractivity contribution >= 4 is 17.5 Å². The van der Waals surface area contributed by atoms with E-state index in [4.69, 9.17) is 9.47 Å². The molecule has 6 nitrogen and oxygen atoms in total. The van der Waals surface area contributed by atoms with Crippen LogP contribution >= 0.6 is 0 Å². The Morgan fingerprint density at radius 2 is 1.77 bits per heavy atom. The van der Waals surface area contributed by atoms with Gasteiger partial charge in [-0.1, -0.05) is 30.3 Å². The molecule has 0 aliphatic carbocycles. The summed E-state index contributed by atoms with van der Waals surface area (Å²) >= 11 is 0. The molecular formula is C24H28N2O4. The number of para-hydroxylation sites is 1. The highest BCUT2D eigenvalue weighted by Crippen LogP contribution is 2.31. The lowest BCUT2D eigenvalue weighted by molar-refractivity contribution is -0.142. The first-order chi connectivity index (χ1) is 14.7. The molecule has 2 heterocycles. The number of carbonyl (C=O) groups is 2. The van der Waals surface area contributed by atoms with Crippen LogP contribution in [0.1, 0.15) is 25.7 Å². The lowest BCUT2D eigenvalue weighted by Crippen LogP contribution is -2.46. The maximum absolute atomic E-state index is 13.1. The van der Waals surface area contributed by atoms with Crippen molar-refractivity contribution in [1.82, 2.24) is 4.90 Å². The molecule has 0 bridgehead atoms. The van der Waals surface area contributed by atoms with E-state index >= 15 is 0 Å². The van der Waals surface area contributed by atoms with E-state index in [9.17, 15) is 9.59 Å². The summed E-state index contributed by atoms with van der Waals surface area (Å²) in [4.78, 5) is 27.9. The Hall–Kier alpha value is -2.86. The number of carbonyl (C=O) groups excluding carboxylic acids is 2. The van der Waals surface area contributed by atoms with Gasteiger partial charge in [0, 0.05) is 36.9 Å². The highest BCUT2D eigenvalue weighted by atomic mass is 16.5. The monoisotopic (exact) mass is 408 g/mol. The van der Waals surface area contributed by atoms with E-state index in [1.54, 1.807) is 12.0 Å². The highest BCUT2D eigenvalue weighted by molar-refractivity contribution is 6.00. The van der Waals surface area contributed by atoms with Crippen LogP contribution < -0.4 is 10.1 Å². The number of benzene rings is 2. The predicted molar refractivity (Wildman–Crippen MR) is 115 cm³/mol. The molecule has 30 heavy (non-hydrogen) atoms. The molecule has 2 saturated heterocycles. The average Bonchev–Trinajstić information content (AvgIpc) is 3.30. The summed E-state index contributed by atoms with van der Waals surface area (Å²) in [6, 6.07) is 15.1. The van der Waals surface area contributed by atoms with Gasteiger partial charge < -0.3 is 19.7 Å². The van der Waals surface area contributed by atoms with Gasteiger partial charge in [0.2, 0.25) is 11.8 Å². The molecule has 0 radical (unpaired) electrons. The van der Waals surface area contributed by atoms with Gasteiger partial charge in [-0.25, -0.2) is 0 Å². The van der Waals surface area contributed by atoms with E-state index in [1.165, 1.54) is 0 Å². The van der Waals surface area contributed by atoms with Crippen LogP contribution in [0.25, 0.3) is 11.1 Å². The van der Waals surface area contributed by atoms with E-state index < -0.39 is 6.04 Å². The Balaban J connectivity index is 1.50. The van der Waals surface area contributed by atoms with Gasteiger partial charge in [0.25, 0.3) is 0 Å². The minimum absolute atomic E-state index is 0.0289. The van der Waals surface area contributed by atoms with Crippen LogP contribution in [0.5, 0.6) is 5.75 Å². The molecule has 0 saturated carbocycles. The van der Waals surface area contributed by atoms with Crippen molar-refractivity contribution in [3.8, 4) is 16.9 Å². The second-order valence-electron chi connectivity index (χ2n) is 7.84. The molecule has 2 amide bonds. The van der Waals surface area contributed by atoms with Crippen LogP contribution in [-0.2, 0) is 14.3 Å². The van der Waals surface area contributed by atoms with E-state index in [1.807, 2.05) is 48.5 Å². The molecule has 2 aromatic carbocycles. The second-order valence-corrected chi connectivity index (χ2v) is 7.84. The fourth-order valence-corrected chi connectivity index (χ4v) is 4.31. The van der Waals surface area contributed by atoms with Crippen molar-refractivity contribution in [2.24, 2.45) is 5.92 Å². The number of anilines is 1.